The summed E-state index contributed by atoms with van der Waals surface area (Å²) in [6.45, 7) is 9.36. The van der Waals surface area contributed by atoms with Gasteiger partial charge in [0.2, 0.25) is 10.0 Å². The van der Waals surface area contributed by atoms with Gasteiger partial charge in [0.05, 0.1) is 5.75 Å². The summed E-state index contributed by atoms with van der Waals surface area (Å²) < 4.78 is 32.6. The molecule has 5 nitrogen and oxygen atoms in total. The predicted octanol–water partition coefficient (Wildman–Crippen LogP) is 5.25. The first-order valence-electron chi connectivity index (χ1n) is 9.34. The number of phenols is 1. The largest absolute Gasteiger partial charge is 0.508 e. The fourth-order valence-electron chi connectivity index (χ4n) is 3.12. The molecule has 0 aliphatic carbocycles. The zero-order chi connectivity index (χ0) is 21.8. The smallest absolute Gasteiger partial charge is 0.214 e. The van der Waals surface area contributed by atoms with Crippen molar-refractivity contribution in [2.45, 2.75) is 34.1 Å². The summed E-state index contributed by atoms with van der Waals surface area (Å²) in [4.78, 5) is 0. The Balaban J connectivity index is 0.000000253. The fourth-order valence-corrected chi connectivity index (χ4v) is 5.09. The Morgan fingerprint density at radius 3 is 1.90 bits per heavy atom. The van der Waals surface area contributed by atoms with E-state index in [1.807, 2.05) is 39.8 Å². The van der Waals surface area contributed by atoms with E-state index in [2.05, 4.69) is 31.9 Å². The summed E-state index contributed by atoms with van der Waals surface area (Å²) >= 11 is 6.91. The molecule has 8 heteroatoms. The Kier molecular flexibility index (Phi) is 8.58. The summed E-state index contributed by atoms with van der Waals surface area (Å²) in [6.07, 6.45) is 0.721. The van der Waals surface area contributed by atoms with Crippen LogP contribution in [-0.2, 0) is 10.0 Å². The molecule has 0 amide bonds. The van der Waals surface area contributed by atoms with Gasteiger partial charge in [-0.05, 0) is 80.6 Å². The van der Waals surface area contributed by atoms with Gasteiger partial charge in [0, 0.05) is 22.0 Å². The van der Waals surface area contributed by atoms with Crippen molar-refractivity contribution < 1.29 is 18.3 Å². The molecule has 3 rings (SSSR count). The lowest BCUT2D eigenvalue weighted by Crippen LogP contribution is -2.30. The van der Waals surface area contributed by atoms with Gasteiger partial charge in [-0.3, -0.25) is 0 Å². The van der Waals surface area contributed by atoms with Crippen molar-refractivity contribution in [3.63, 3.8) is 0 Å². The highest BCUT2D eigenvalue weighted by molar-refractivity contribution is 9.10. The van der Waals surface area contributed by atoms with Crippen LogP contribution in [0.25, 0.3) is 0 Å². The first-order chi connectivity index (χ1) is 13.5. The van der Waals surface area contributed by atoms with Gasteiger partial charge in [-0.25, -0.2) is 8.42 Å². The number of aromatic hydroxyl groups is 1. The molecular weight excluding hydrogens is 522 g/mol. The van der Waals surface area contributed by atoms with Crippen LogP contribution in [0.4, 0.5) is 0 Å². The first kappa shape index (κ1) is 24.2. The average Bonchev–Trinajstić information content (AvgIpc) is 2.96. The van der Waals surface area contributed by atoms with Crippen molar-refractivity contribution in [1.29, 1.82) is 0 Å². The van der Waals surface area contributed by atoms with E-state index < -0.39 is 10.0 Å². The molecule has 1 aliphatic rings. The number of benzene rings is 2. The molecule has 0 unspecified atom stereocenters. The Morgan fingerprint density at radius 1 is 0.966 bits per heavy atom. The molecule has 0 atom stereocenters. The van der Waals surface area contributed by atoms with Gasteiger partial charge in [0.25, 0.3) is 0 Å². The number of aryl methyl sites for hydroxylation is 4. The van der Waals surface area contributed by atoms with Gasteiger partial charge >= 0.3 is 0 Å². The van der Waals surface area contributed by atoms with Gasteiger partial charge in [-0.15, -0.1) is 0 Å². The monoisotopic (exact) mass is 547 g/mol. The van der Waals surface area contributed by atoms with Crippen molar-refractivity contribution in [2.24, 2.45) is 0 Å². The molecule has 0 radical (unpaired) electrons. The Hall–Kier alpha value is -1.09. The zero-order valence-electron chi connectivity index (χ0n) is 17.1. The minimum absolute atomic E-state index is 0.267. The summed E-state index contributed by atoms with van der Waals surface area (Å²) in [7, 11) is -3.02. The fraction of sp³-hybridized carbons (Fsp3) is 0.429. The van der Waals surface area contributed by atoms with E-state index in [0.717, 1.165) is 43.4 Å². The Labute approximate surface area is 190 Å². The molecule has 2 aromatic carbocycles. The number of rotatable bonds is 4. The van der Waals surface area contributed by atoms with Gasteiger partial charge in [-0.1, -0.05) is 31.9 Å². The molecule has 160 valence electrons. The third-order valence-electron chi connectivity index (χ3n) is 4.64. The van der Waals surface area contributed by atoms with E-state index in [4.69, 9.17) is 9.84 Å². The van der Waals surface area contributed by atoms with Crippen molar-refractivity contribution in [3.8, 4) is 11.5 Å². The van der Waals surface area contributed by atoms with Gasteiger partial charge in [0.1, 0.15) is 18.1 Å². The minimum Gasteiger partial charge on any atom is -0.508 e. The van der Waals surface area contributed by atoms with Crippen LogP contribution in [0.15, 0.2) is 33.2 Å². The summed E-state index contributed by atoms with van der Waals surface area (Å²) in [6, 6.07) is 7.37. The molecule has 0 bridgehead atoms. The zero-order valence-corrected chi connectivity index (χ0v) is 21.1. The number of halogens is 2. The van der Waals surface area contributed by atoms with Crippen LogP contribution in [0.5, 0.6) is 11.5 Å². The minimum atomic E-state index is -3.02. The molecule has 1 saturated heterocycles. The maximum atomic E-state index is 11.6. The number of hydrogen-bond donors (Lipinski definition) is 1. The highest BCUT2D eigenvalue weighted by Gasteiger charge is 2.27. The van der Waals surface area contributed by atoms with Crippen molar-refractivity contribution >= 4 is 41.9 Å². The van der Waals surface area contributed by atoms with E-state index >= 15 is 0 Å². The highest BCUT2D eigenvalue weighted by Crippen LogP contribution is 2.27. The second kappa shape index (κ2) is 10.3. The van der Waals surface area contributed by atoms with Gasteiger partial charge in [-0.2, -0.15) is 4.31 Å². The second-order valence-corrected chi connectivity index (χ2v) is 10.9. The van der Waals surface area contributed by atoms with Crippen LogP contribution >= 0.6 is 31.9 Å². The average molecular weight is 549 g/mol. The molecule has 1 N–H and O–H groups in total. The molecule has 29 heavy (non-hydrogen) atoms. The van der Waals surface area contributed by atoms with E-state index in [1.165, 1.54) is 4.31 Å². The lowest BCUT2D eigenvalue weighted by atomic mass is 10.1. The van der Waals surface area contributed by atoms with Crippen LogP contribution in [0.3, 0.4) is 0 Å². The van der Waals surface area contributed by atoms with Crippen LogP contribution in [0.1, 0.15) is 28.7 Å². The second-order valence-electron chi connectivity index (χ2n) is 7.18. The number of hydrogen-bond acceptors (Lipinski definition) is 4. The van der Waals surface area contributed by atoms with E-state index in [-0.39, 0.29) is 5.75 Å². The molecular formula is C21H27Br2NO4S. The van der Waals surface area contributed by atoms with Crippen LogP contribution < -0.4 is 4.74 Å². The maximum Gasteiger partial charge on any atom is 0.214 e. The normalized spacial score (nSPS) is 15.7. The van der Waals surface area contributed by atoms with Crippen LogP contribution in [0, 0.1) is 27.7 Å². The van der Waals surface area contributed by atoms with Crippen molar-refractivity contribution in [2.75, 3.05) is 25.4 Å². The summed E-state index contributed by atoms with van der Waals surface area (Å²) in [5.41, 5.74) is 4.36. The summed E-state index contributed by atoms with van der Waals surface area (Å²) in [5, 5.41) is 9.10. The number of sulfonamides is 1. The number of nitrogens with zero attached hydrogens (tertiary/aromatic N) is 1. The maximum absolute atomic E-state index is 11.6. The van der Waals surface area contributed by atoms with E-state index in [1.54, 1.807) is 12.1 Å². The Bertz CT molecular complexity index is 931. The standard InChI is InChI=1S/C13H18BrNO3S.C8H9BrO/c1-10-8-12(9-11(2)13(10)14)18-6-5-15-4-3-7-19(15,16)17;1-5-3-7(10)4-6(2)8(5)9/h8-9H,3-7H2,1-2H3;3-4,10H,1-2H3. The third-order valence-corrected chi connectivity index (χ3v) is 9.10. The molecule has 0 aromatic heterocycles. The lowest BCUT2D eigenvalue weighted by Gasteiger charge is -2.15. The number of phenolic OH excluding ortho intramolecular Hbond substituents is 1. The van der Waals surface area contributed by atoms with Crippen LogP contribution in [-0.4, -0.2) is 43.3 Å². The van der Waals surface area contributed by atoms with Gasteiger partial charge in [0.15, 0.2) is 0 Å². The van der Waals surface area contributed by atoms with Crippen molar-refractivity contribution in [1.82, 2.24) is 4.31 Å². The molecule has 1 fully saturated rings. The van der Waals surface area contributed by atoms with Crippen molar-refractivity contribution in [3.05, 3.63) is 55.5 Å². The highest BCUT2D eigenvalue weighted by atomic mass is 79.9. The Morgan fingerprint density at radius 2 is 1.45 bits per heavy atom. The quantitative estimate of drug-likeness (QED) is 0.566. The predicted molar refractivity (Wildman–Crippen MR) is 124 cm³/mol. The molecule has 1 aliphatic heterocycles. The number of ether oxygens (including phenoxy) is 1. The summed E-state index contributed by atoms with van der Waals surface area (Å²) in [5.74, 6) is 1.39. The van der Waals surface area contributed by atoms with E-state index in [9.17, 15) is 8.42 Å². The topological polar surface area (TPSA) is 66.8 Å². The third kappa shape index (κ3) is 6.70. The molecule has 2 aromatic rings. The SMILES string of the molecule is Cc1cc(O)cc(C)c1Br.Cc1cc(OCCN2CCCS2(=O)=O)cc(C)c1Br. The van der Waals surface area contributed by atoms with Crippen LogP contribution in [0.2, 0.25) is 0 Å². The first-order valence-corrected chi connectivity index (χ1v) is 12.5. The molecule has 0 spiro atoms. The lowest BCUT2D eigenvalue weighted by molar-refractivity contribution is 0.279. The molecule has 1 heterocycles. The van der Waals surface area contributed by atoms with E-state index in [0.29, 0.717) is 25.4 Å². The molecule has 0 saturated carbocycles. The van der Waals surface area contributed by atoms with Gasteiger partial charge < -0.3 is 9.84 Å².